The summed E-state index contributed by atoms with van der Waals surface area (Å²) in [6, 6.07) is 15.4. The van der Waals surface area contributed by atoms with Crippen LogP contribution in [0.25, 0.3) is 0 Å². The molecule has 3 rings (SSSR count). The maximum atomic E-state index is 12.3. The fourth-order valence-corrected chi connectivity index (χ4v) is 3.12. The van der Waals surface area contributed by atoms with E-state index in [4.69, 9.17) is 15.2 Å². The second kappa shape index (κ2) is 8.56. The van der Waals surface area contributed by atoms with Gasteiger partial charge in [0, 0.05) is 0 Å². The highest BCUT2D eigenvalue weighted by Gasteiger charge is 2.20. The minimum atomic E-state index is -0.291. The van der Waals surface area contributed by atoms with Crippen molar-refractivity contribution in [3.05, 3.63) is 59.7 Å². The van der Waals surface area contributed by atoms with E-state index in [1.54, 1.807) is 18.2 Å². The van der Waals surface area contributed by atoms with Crippen molar-refractivity contribution in [3.63, 3.8) is 0 Å². The monoisotopic (exact) mass is 339 g/mol. The summed E-state index contributed by atoms with van der Waals surface area (Å²) < 4.78 is 11.3. The first-order valence-corrected chi connectivity index (χ1v) is 8.99. The smallest absolute Gasteiger partial charge is 0.338 e. The minimum Gasteiger partial charge on any atom is -0.491 e. The molecule has 2 aromatic rings. The molecule has 0 radical (unpaired) electrons. The predicted octanol–water partition coefficient (Wildman–Crippen LogP) is 4.38. The van der Waals surface area contributed by atoms with E-state index in [-0.39, 0.29) is 12.1 Å². The number of aryl methyl sites for hydroxylation is 1. The summed E-state index contributed by atoms with van der Waals surface area (Å²) in [5.74, 6) is 0.259. The highest BCUT2D eigenvalue weighted by atomic mass is 16.5. The van der Waals surface area contributed by atoms with Crippen LogP contribution in [-0.4, -0.2) is 18.7 Å². The Hall–Kier alpha value is -2.49. The lowest BCUT2D eigenvalue weighted by atomic mass is 10.1. The van der Waals surface area contributed by atoms with E-state index in [0.717, 1.165) is 38.5 Å². The summed E-state index contributed by atoms with van der Waals surface area (Å²) in [5.41, 5.74) is 8.29. The van der Waals surface area contributed by atoms with Crippen LogP contribution in [0.4, 0.5) is 5.69 Å². The third-order valence-corrected chi connectivity index (χ3v) is 4.54. The second-order valence-corrected chi connectivity index (χ2v) is 6.50. The van der Waals surface area contributed by atoms with E-state index in [0.29, 0.717) is 23.6 Å². The molecule has 0 amide bonds. The normalized spacial score (nSPS) is 14.4. The largest absolute Gasteiger partial charge is 0.491 e. The molecule has 0 spiro atoms. The van der Waals surface area contributed by atoms with Gasteiger partial charge in [-0.3, -0.25) is 0 Å². The molecule has 1 aliphatic carbocycles. The number of nitrogen functional groups attached to an aromatic ring is 1. The highest BCUT2D eigenvalue weighted by molar-refractivity contribution is 5.90. The zero-order chi connectivity index (χ0) is 17.5. The summed E-state index contributed by atoms with van der Waals surface area (Å²) in [5, 5.41) is 0. The number of anilines is 1. The van der Waals surface area contributed by atoms with Crippen molar-refractivity contribution in [1.29, 1.82) is 0 Å². The molecule has 25 heavy (non-hydrogen) atoms. The molecule has 0 atom stereocenters. The van der Waals surface area contributed by atoms with Crippen LogP contribution in [0.3, 0.4) is 0 Å². The van der Waals surface area contributed by atoms with Gasteiger partial charge in [0.15, 0.2) is 0 Å². The number of benzene rings is 2. The fourth-order valence-electron chi connectivity index (χ4n) is 3.12. The van der Waals surface area contributed by atoms with Crippen molar-refractivity contribution >= 4 is 11.7 Å². The van der Waals surface area contributed by atoms with Crippen LogP contribution in [0.1, 0.15) is 48.0 Å². The molecule has 0 heterocycles. The molecule has 4 heteroatoms. The molecular weight excluding hydrogens is 314 g/mol. The van der Waals surface area contributed by atoms with Crippen molar-refractivity contribution in [2.24, 2.45) is 0 Å². The first kappa shape index (κ1) is 17.3. The Labute approximate surface area is 148 Å². The van der Waals surface area contributed by atoms with E-state index in [1.165, 1.54) is 5.56 Å². The van der Waals surface area contributed by atoms with Gasteiger partial charge in [0.2, 0.25) is 0 Å². The summed E-state index contributed by atoms with van der Waals surface area (Å²) >= 11 is 0. The number of ether oxygens (including phenoxy) is 2. The molecule has 4 nitrogen and oxygen atoms in total. The highest BCUT2D eigenvalue weighted by Crippen LogP contribution is 2.26. The van der Waals surface area contributed by atoms with Gasteiger partial charge in [0.1, 0.15) is 11.9 Å². The first-order valence-electron chi connectivity index (χ1n) is 8.99. The van der Waals surface area contributed by atoms with E-state index >= 15 is 0 Å². The lowest BCUT2D eigenvalue weighted by Crippen LogP contribution is -2.15. The summed E-state index contributed by atoms with van der Waals surface area (Å²) in [7, 11) is 0. The SMILES string of the molecule is Nc1ccc(C(=O)OC2CCCC2)cc1OCCCc1ccccc1. The van der Waals surface area contributed by atoms with Crippen molar-refractivity contribution in [2.75, 3.05) is 12.3 Å². The first-order chi connectivity index (χ1) is 12.2. The van der Waals surface area contributed by atoms with Gasteiger partial charge >= 0.3 is 5.97 Å². The summed E-state index contributed by atoms with van der Waals surface area (Å²) in [6.45, 7) is 0.556. The van der Waals surface area contributed by atoms with Crippen LogP contribution >= 0.6 is 0 Å². The summed E-state index contributed by atoms with van der Waals surface area (Å²) in [6.07, 6.45) is 6.09. The van der Waals surface area contributed by atoms with E-state index in [2.05, 4.69) is 12.1 Å². The molecule has 1 saturated carbocycles. The molecule has 2 N–H and O–H groups in total. The Morgan fingerprint density at radius 1 is 1.08 bits per heavy atom. The molecule has 1 fully saturated rings. The Balaban J connectivity index is 1.53. The van der Waals surface area contributed by atoms with E-state index < -0.39 is 0 Å². The van der Waals surface area contributed by atoms with Crippen LogP contribution in [-0.2, 0) is 11.2 Å². The van der Waals surface area contributed by atoms with Gasteiger partial charge in [-0.05, 0) is 62.3 Å². The molecular formula is C21H25NO3. The Kier molecular flexibility index (Phi) is 5.94. The third-order valence-electron chi connectivity index (χ3n) is 4.54. The van der Waals surface area contributed by atoms with Crippen molar-refractivity contribution in [1.82, 2.24) is 0 Å². The number of hydrogen-bond donors (Lipinski definition) is 1. The lowest BCUT2D eigenvalue weighted by molar-refractivity contribution is 0.0317. The quantitative estimate of drug-likeness (QED) is 0.462. The number of nitrogens with two attached hydrogens (primary N) is 1. The second-order valence-electron chi connectivity index (χ2n) is 6.50. The maximum Gasteiger partial charge on any atom is 0.338 e. The molecule has 2 aromatic carbocycles. The predicted molar refractivity (Wildman–Crippen MR) is 98.8 cm³/mol. The fraction of sp³-hybridized carbons (Fsp3) is 0.381. The van der Waals surface area contributed by atoms with Crippen LogP contribution in [0, 0.1) is 0 Å². The molecule has 0 unspecified atom stereocenters. The van der Waals surface area contributed by atoms with Gasteiger partial charge in [0.05, 0.1) is 17.9 Å². The zero-order valence-corrected chi connectivity index (χ0v) is 14.4. The number of carbonyl (C=O) groups is 1. The Morgan fingerprint density at radius 2 is 1.84 bits per heavy atom. The topological polar surface area (TPSA) is 61.6 Å². The molecule has 0 bridgehead atoms. The molecule has 0 aromatic heterocycles. The van der Waals surface area contributed by atoms with Gasteiger partial charge in [-0.25, -0.2) is 4.79 Å². The summed E-state index contributed by atoms with van der Waals surface area (Å²) in [4.78, 5) is 12.3. The van der Waals surface area contributed by atoms with Crippen LogP contribution < -0.4 is 10.5 Å². The number of esters is 1. The number of carbonyl (C=O) groups excluding carboxylic acids is 1. The number of rotatable bonds is 7. The molecule has 132 valence electrons. The van der Waals surface area contributed by atoms with Gasteiger partial charge in [-0.2, -0.15) is 0 Å². The zero-order valence-electron chi connectivity index (χ0n) is 14.4. The van der Waals surface area contributed by atoms with E-state index in [1.807, 2.05) is 18.2 Å². The minimum absolute atomic E-state index is 0.0558. The van der Waals surface area contributed by atoms with Gasteiger partial charge < -0.3 is 15.2 Å². The van der Waals surface area contributed by atoms with Crippen LogP contribution in [0.2, 0.25) is 0 Å². The van der Waals surface area contributed by atoms with Crippen LogP contribution in [0.15, 0.2) is 48.5 Å². The third kappa shape index (κ3) is 4.99. The van der Waals surface area contributed by atoms with Gasteiger partial charge in [-0.1, -0.05) is 30.3 Å². The average Bonchev–Trinajstić information content (AvgIpc) is 3.14. The van der Waals surface area contributed by atoms with Gasteiger partial charge in [0.25, 0.3) is 0 Å². The van der Waals surface area contributed by atoms with Crippen molar-refractivity contribution in [2.45, 2.75) is 44.6 Å². The van der Waals surface area contributed by atoms with Crippen molar-refractivity contribution < 1.29 is 14.3 Å². The Bertz CT molecular complexity index is 694. The molecule has 0 saturated heterocycles. The molecule has 1 aliphatic rings. The number of hydrogen-bond acceptors (Lipinski definition) is 4. The van der Waals surface area contributed by atoms with Gasteiger partial charge in [-0.15, -0.1) is 0 Å². The van der Waals surface area contributed by atoms with E-state index in [9.17, 15) is 4.79 Å². The van der Waals surface area contributed by atoms with Crippen molar-refractivity contribution in [3.8, 4) is 5.75 Å². The maximum absolute atomic E-state index is 12.3. The lowest BCUT2D eigenvalue weighted by Gasteiger charge is -2.13. The van der Waals surface area contributed by atoms with Crippen LogP contribution in [0.5, 0.6) is 5.75 Å². The Morgan fingerprint density at radius 3 is 2.60 bits per heavy atom. The average molecular weight is 339 g/mol. The molecule has 0 aliphatic heterocycles. The standard InChI is InChI=1S/C21H25NO3/c22-19-13-12-17(21(23)25-18-10-4-5-11-18)15-20(19)24-14-6-9-16-7-2-1-3-8-16/h1-3,7-8,12-13,15,18H,4-6,9-11,14,22H2.